The molecule has 0 spiro atoms. The number of nitrogens with one attached hydrogen (secondary N) is 1. The lowest BCUT2D eigenvalue weighted by Crippen LogP contribution is -2.36. The van der Waals surface area contributed by atoms with E-state index in [1.54, 1.807) is 7.11 Å². The smallest absolute Gasteiger partial charge is 0.0613 e. The molecule has 1 N–H and O–H groups in total. The Bertz CT molecular complexity index is 75.7. The highest BCUT2D eigenvalue weighted by atomic mass is 16.5. The Morgan fingerprint density at radius 1 is 1.30 bits per heavy atom. The summed E-state index contributed by atoms with van der Waals surface area (Å²) in [5, 5.41) is 3.41. The van der Waals surface area contributed by atoms with Crippen molar-refractivity contribution in [3.63, 3.8) is 0 Å². The van der Waals surface area contributed by atoms with Gasteiger partial charge in [0.15, 0.2) is 0 Å². The van der Waals surface area contributed by atoms with E-state index >= 15 is 0 Å². The van der Waals surface area contributed by atoms with Crippen LogP contribution in [0.5, 0.6) is 0 Å². The van der Waals surface area contributed by atoms with E-state index in [1.807, 2.05) is 0 Å². The summed E-state index contributed by atoms with van der Waals surface area (Å²) < 4.78 is 4.99. The highest BCUT2D eigenvalue weighted by molar-refractivity contribution is 4.64. The van der Waals surface area contributed by atoms with E-state index < -0.39 is 0 Å². The summed E-state index contributed by atoms with van der Waals surface area (Å²) in [5.41, 5.74) is 0. The van der Waals surface area contributed by atoms with Crippen LogP contribution < -0.4 is 5.32 Å². The molecule has 0 aromatic heterocycles. The van der Waals surface area contributed by atoms with E-state index in [4.69, 9.17) is 4.74 Å². The first-order chi connectivity index (χ1) is 4.70. The average molecular weight is 145 g/mol. The van der Waals surface area contributed by atoms with Crippen LogP contribution in [0, 0.1) is 0 Å². The molecule has 0 radical (unpaired) electrons. The lowest BCUT2D eigenvalue weighted by Gasteiger charge is -2.17. The van der Waals surface area contributed by atoms with E-state index in [1.165, 1.54) is 6.42 Å². The zero-order valence-corrected chi connectivity index (χ0v) is 7.48. The summed E-state index contributed by atoms with van der Waals surface area (Å²) in [5.74, 6) is 0. The largest absolute Gasteiger partial charge is 0.383 e. The third kappa shape index (κ3) is 4.77. The molecule has 2 atom stereocenters. The van der Waals surface area contributed by atoms with Crippen LogP contribution in [-0.2, 0) is 4.74 Å². The highest BCUT2D eigenvalue weighted by Crippen LogP contribution is 1.91. The van der Waals surface area contributed by atoms with Crippen molar-refractivity contribution in [3.05, 3.63) is 0 Å². The van der Waals surface area contributed by atoms with Crippen molar-refractivity contribution in [1.82, 2.24) is 5.32 Å². The van der Waals surface area contributed by atoms with Crippen LogP contribution in [0.3, 0.4) is 0 Å². The normalized spacial score (nSPS) is 16.8. The molecule has 0 rings (SSSR count). The van der Waals surface area contributed by atoms with E-state index in [2.05, 4.69) is 26.1 Å². The maximum Gasteiger partial charge on any atom is 0.0613 e. The van der Waals surface area contributed by atoms with Crippen molar-refractivity contribution in [2.75, 3.05) is 13.7 Å². The summed E-state index contributed by atoms with van der Waals surface area (Å²) in [6.07, 6.45) is 1.17. The topological polar surface area (TPSA) is 21.3 Å². The molecule has 2 nitrogen and oxygen atoms in total. The van der Waals surface area contributed by atoms with Crippen LogP contribution in [-0.4, -0.2) is 25.8 Å². The van der Waals surface area contributed by atoms with Crippen molar-refractivity contribution < 1.29 is 4.74 Å². The van der Waals surface area contributed by atoms with Crippen molar-refractivity contribution in [1.29, 1.82) is 0 Å². The summed E-state index contributed by atoms with van der Waals surface area (Å²) in [7, 11) is 1.73. The molecule has 2 heteroatoms. The molecule has 0 fully saturated rings. The van der Waals surface area contributed by atoms with Crippen LogP contribution in [0.2, 0.25) is 0 Å². The van der Waals surface area contributed by atoms with Gasteiger partial charge in [-0.05, 0) is 20.3 Å². The van der Waals surface area contributed by atoms with Crippen LogP contribution in [0.15, 0.2) is 0 Å². The molecule has 0 aliphatic carbocycles. The second-order valence-corrected chi connectivity index (χ2v) is 2.83. The second kappa shape index (κ2) is 5.69. The minimum Gasteiger partial charge on any atom is -0.383 e. The van der Waals surface area contributed by atoms with E-state index in [-0.39, 0.29) is 0 Å². The van der Waals surface area contributed by atoms with Crippen molar-refractivity contribution in [3.8, 4) is 0 Å². The number of rotatable bonds is 5. The highest BCUT2D eigenvalue weighted by Gasteiger charge is 2.03. The standard InChI is InChI=1S/C8H19NO/c1-5-7(2)9-8(3)6-10-4/h7-9H,5-6H2,1-4H3. The second-order valence-electron chi connectivity index (χ2n) is 2.83. The molecule has 0 aromatic rings. The van der Waals surface area contributed by atoms with E-state index in [9.17, 15) is 0 Å². The molecule has 0 saturated heterocycles. The summed E-state index contributed by atoms with van der Waals surface area (Å²) in [6.45, 7) is 7.29. The van der Waals surface area contributed by atoms with Crippen molar-refractivity contribution >= 4 is 0 Å². The van der Waals surface area contributed by atoms with Crippen molar-refractivity contribution in [2.24, 2.45) is 0 Å². The monoisotopic (exact) mass is 145 g/mol. The van der Waals surface area contributed by atoms with Crippen LogP contribution in [0.25, 0.3) is 0 Å². The van der Waals surface area contributed by atoms with Gasteiger partial charge in [0.05, 0.1) is 6.61 Å². The molecule has 62 valence electrons. The molecule has 0 aromatic carbocycles. The average Bonchev–Trinajstić information content (AvgIpc) is 1.88. The van der Waals surface area contributed by atoms with Gasteiger partial charge in [-0.2, -0.15) is 0 Å². The van der Waals surface area contributed by atoms with Gasteiger partial charge in [0.25, 0.3) is 0 Å². The van der Waals surface area contributed by atoms with E-state index in [0.29, 0.717) is 12.1 Å². The maximum atomic E-state index is 4.99. The molecule has 10 heavy (non-hydrogen) atoms. The van der Waals surface area contributed by atoms with Gasteiger partial charge in [0.1, 0.15) is 0 Å². The lowest BCUT2D eigenvalue weighted by atomic mass is 10.2. The van der Waals surface area contributed by atoms with Crippen molar-refractivity contribution in [2.45, 2.75) is 39.3 Å². The third-order valence-corrected chi connectivity index (χ3v) is 1.60. The Morgan fingerprint density at radius 2 is 1.90 bits per heavy atom. The first kappa shape index (κ1) is 9.92. The van der Waals surface area contributed by atoms with Gasteiger partial charge in [-0.1, -0.05) is 6.92 Å². The maximum absolute atomic E-state index is 4.99. The predicted octanol–water partition coefficient (Wildman–Crippen LogP) is 1.41. The molecule has 0 aliphatic rings. The Hall–Kier alpha value is -0.0800. The lowest BCUT2D eigenvalue weighted by molar-refractivity contribution is 0.167. The molecule has 0 aliphatic heterocycles. The van der Waals surface area contributed by atoms with Gasteiger partial charge in [0, 0.05) is 19.2 Å². The third-order valence-electron chi connectivity index (χ3n) is 1.60. The molecular formula is C8H19NO. The van der Waals surface area contributed by atoms with Crippen LogP contribution in [0.4, 0.5) is 0 Å². The minimum atomic E-state index is 0.472. The van der Waals surface area contributed by atoms with Crippen LogP contribution >= 0.6 is 0 Å². The zero-order chi connectivity index (χ0) is 7.98. The number of hydrogen-bond acceptors (Lipinski definition) is 2. The SMILES string of the molecule is CCC(C)NC(C)COC. The number of ether oxygens (including phenoxy) is 1. The van der Waals surface area contributed by atoms with Gasteiger partial charge >= 0.3 is 0 Å². The Labute approximate surface area is 64.0 Å². The van der Waals surface area contributed by atoms with Gasteiger partial charge in [-0.25, -0.2) is 0 Å². The molecule has 0 bridgehead atoms. The summed E-state index contributed by atoms with van der Waals surface area (Å²) >= 11 is 0. The van der Waals surface area contributed by atoms with Gasteiger partial charge in [0.2, 0.25) is 0 Å². The van der Waals surface area contributed by atoms with Crippen LogP contribution in [0.1, 0.15) is 27.2 Å². The number of hydrogen-bond donors (Lipinski definition) is 1. The zero-order valence-electron chi connectivity index (χ0n) is 7.48. The van der Waals surface area contributed by atoms with Gasteiger partial charge in [-0.15, -0.1) is 0 Å². The Balaban J connectivity index is 3.27. The quantitative estimate of drug-likeness (QED) is 0.631. The van der Waals surface area contributed by atoms with Gasteiger partial charge < -0.3 is 10.1 Å². The van der Waals surface area contributed by atoms with E-state index in [0.717, 1.165) is 6.61 Å². The summed E-state index contributed by atoms with van der Waals surface area (Å²) in [6, 6.07) is 1.07. The first-order valence-electron chi connectivity index (χ1n) is 3.95. The Kier molecular flexibility index (Phi) is 5.64. The predicted molar refractivity (Wildman–Crippen MR) is 44.2 cm³/mol. The fourth-order valence-electron chi connectivity index (χ4n) is 0.902. The molecule has 2 unspecified atom stereocenters. The Morgan fingerprint density at radius 3 is 2.30 bits per heavy atom. The van der Waals surface area contributed by atoms with Gasteiger partial charge in [-0.3, -0.25) is 0 Å². The molecule has 0 heterocycles. The molecular weight excluding hydrogens is 126 g/mol. The number of methoxy groups -OCH3 is 1. The summed E-state index contributed by atoms with van der Waals surface area (Å²) in [4.78, 5) is 0. The first-order valence-corrected chi connectivity index (χ1v) is 3.95. The fourth-order valence-corrected chi connectivity index (χ4v) is 0.902. The fraction of sp³-hybridized carbons (Fsp3) is 1.00. The minimum absolute atomic E-state index is 0.472. The molecule has 0 saturated carbocycles. The molecule has 0 amide bonds.